The molecule has 1 unspecified atom stereocenters. The molecule has 1 saturated carbocycles. The summed E-state index contributed by atoms with van der Waals surface area (Å²) in [5.41, 5.74) is -0.0304. The highest BCUT2D eigenvalue weighted by atomic mass is 32.2. The Kier molecular flexibility index (Phi) is 4.50. The molecular formula is C17H26N2O3S2. The van der Waals surface area contributed by atoms with Gasteiger partial charge >= 0.3 is 0 Å². The van der Waals surface area contributed by atoms with Crippen molar-refractivity contribution in [1.82, 2.24) is 9.62 Å². The number of nitrogens with zero attached hydrogens (tertiary/aromatic N) is 1. The monoisotopic (exact) mass is 370 g/mol. The molecule has 0 bridgehead atoms. The SMILES string of the molecule is Cc1ccc(CN2CC3(C2)OCCC3CCNS(=O)(=O)C2CC2)s1. The van der Waals surface area contributed by atoms with Gasteiger partial charge in [0.15, 0.2) is 0 Å². The number of ether oxygens (including phenoxy) is 1. The highest BCUT2D eigenvalue weighted by Gasteiger charge is 2.52. The Morgan fingerprint density at radius 1 is 1.33 bits per heavy atom. The van der Waals surface area contributed by atoms with Gasteiger partial charge in [-0.25, -0.2) is 13.1 Å². The first-order chi connectivity index (χ1) is 11.5. The summed E-state index contributed by atoms with van der Waals surface area (Å²) in [6, 6.07) is 4.39. The molecule has 3 fully saturated rings. The predicted octanol–water partition coefficient (Wildman–Crippen LogP) is 2.12. The Bertz CT molecular complexity index is 690. The van der Waals surface area contributed by atoms with Crippen LogP contribution in [0.25, 0.3) is 0 Å². The summed E-state index contributed by atoms with van der Waals surface area (Å²) in [6.45, 7) is 6.47. The number of aryl methyl sites for hydroxylation is 1. The van der Waals surface area contributed by atoms with Gasteiger partial charge in [-0.3, -0.25) is 4.90 Å². The first-order valence-corrected chi connectivity index (χ1v) is 11.2. The van der Waals surface area contributed by atoms with Crippen molar-refractivity contribution in [2.45, 2.75) is 50.0 Å². The van der Waals surface area contributed by atoms with Crippen LogP contribution in [0, 0.1) is 12.8 Å². The minimum Gasteiger partial charge on any atom is -0.372 e. The Balaban J connectivity index is 1.26. The van der Waals surface area contributed by atoms with Gasteiger partial charge in [0.2, 0.25) is 10.0 Å². The average molecular weight is 371 g/mol. The molecule has 1 atom stereocenters. The van der Waals surface area contributed by atoms with Crippen LogP contribution in [0.4, 0.5) is 0 Å². The largest absolute Gasteiger partial charge is 0.372 e. The molecule has 4 rings (SSSR count). The average Bonchev–Trinajstić information content (AvgIpc) is 3.17. The molecule has 0 radical (unpaired) electrons. The van der Waals surface area contributed by atoms with Crippen molar-refractivity contribution in [1.29, 1.82) is 0 Å². The van der Waals surface area contributed by atoms with Crippen molar-refractivity contribution in [3.8, 4) is 0 Å². The zero-order valence-corrected chi connectivity index (χ0v) is 15.8. The fraction of sp³-hybridized carbons (Fsp3) is 0.765. The third-order valence-electron chi connectivity index (χ3n) is 5.52. The molecule has 1 aromatic heterocycles. The van der Waals surface area contributed by atoms with E-state index in [1.165, 1.54) is 9.75 Å². The lowest BCUT2D eigenvalue weighted by Crippen LogP contribution is -2.64. The molecule has 0 aromatic carbocycles. The molecule has 134 valence electrons. The first-order valence-electron chi connectivity index (χ1n) is 8.87. The van der Waals surface area contributed by atoms with Crippen molar-refractivity contribution in [2.75, 3.05) is 26.2 Å². The van der Waals surface area contributed by atoms with Crippen LogP contribution in [-0.2, 0) is 21.3 Å². The van der Waals surface area contributed by atoms with E-state index in [0.717, 1.165) is 51.9 Å². The summed E-state index contributed by atoms with van der Waals surface area (Å²) in [4.78, 5) is 5.21. The Morgan fingerprint density at radius 3 is 2.79 bits per heavy atom. The Morgan fingerprint density at radius 2 is 2.12 bits per heavy atom. The van der Waals surface area contributed by atoms with Gasteiger partial charge in [0.25, 0.3) is 0 Å². The Hall–Kier alpha value is -0.470. The van der Waals surface area contributed by atoms with Crippen LogP contribution >= 0.6 is 11.3 Å². The van der Waals surface area contributed by atoms with E-state index in [9.17, 15) is 8.42 Å². The molecular weight excluding hydrogens is 344 g/mol. The van der Waals surface area contributed by atoms with Crippen LogP contribution in [-0.4, -0.2) is 50.4 Å². The smallest absolute Gasteiger partial charge is 0.214 e. The molecule has 3 aliphatic rings. The Labute approximate surface area is 148 Å². The van der Waals surface area contributed by atoms with Crippen molar-refractivity contribution >= 4 is 21.4 Å². The number of hydrogen-bond donors (Lipinski definition) is 1. The highest BCUT2D eigenvalue weighted by Crippen LogP contribution is 2.42. The van der Waals surface area contributed by atoms with Crippen LogP contribution in [0.3, 0.4) is 0 Å². The molecule has 0 amide bonds. The minimum absolute atomic E-state index is 0.0304. The molecule has 1 aliphatic carbocycles. The van der Waals surface area contributed by atoms with Gasteiger partial charge < -0.3 is 4.74 Å². The number of sulfonamides is 1. The second kappa shape index (κ2) is 6.36. The van der Waals surface area contributed by atoms with E-state index in [4.69, 9.17) is 4.74 Å². The summed E-state index contributed by atoms with van der Waals surface area (Å²) < 4.78 is 32.7. The predicted molar refractivity (Wildman–Crippen MR) is 95.7 cm³/mol. The van der Waals surface area contributed by atoms with E-state index >= 15 is 0 Å². The third kappa shape index (κ3) is 3.42. The van der Waals surface area contributed by atoms with Gasteiger partial charge in [0, 0.05) is 42.5 Å². The minimum atomic E-state index is -3.05. The van der Waals surface area contributed by atoms with Crippen molar-refractivity contribution < 1.29 is 13.2 Å². The highest BCUT2D eigenvalue weighted by molar-refractivity contribution is 7.90. The van der Waals surface area contributed by atoms with Crippen LogP contribution in [0.2, 0.25) is 0 Å². The number of rotatable bonds is 7. The van der Waals surface area contributed by atoms with Gasteiger partial charge in [0.1, 0.15) is 0 Å². The maximum Gasteiger partial charge on any atom is 0.214 e. The normalized spacial score (nSPS) is 26.8. The lowest BCUT2D eigenvalue weighted by atomic mass is 9.79. The molecule has 1 aromatic rings. The lowest BCUT2D eigenvalue weighted by Gasteiger charge is -2.50. The van der Waals surface area contributed by atoms with Crippen LogP contribution in [0.15, 0.2) is 12.1 Å². The molecule has 2 saturated heterocycles. The van der Waals surface area contributed by atoms with Gasteiger partial charge in [-0.1, -0.05) is 0 Å². The maximum absolute atomic E-state index is 11.9. The summed E-state index contributed by atoms with van der Waals surface area (Å²) in [5, 5.41) is -0.125. The first kappa shape index (κ1) is 17.0. The summed E-state index contributed by atoms with van der Waals surface area (Å²) in [7, 11) is -3.05. The molecule has 24 heavy (non-hydrogen) atoms. The number of nitrogens with one attached hydrogen (secondary N) is 1. The molecule has 5 nitrogen and oxygen atoms in total. The van der Waals surface area contributed by atoms with Crippen LogP contribution < -0.4 is 4.72 Å². The van der Waals surface area contributed by atoms with Crippen molar-refractivity contribution in [2.24, 2.45) is 5.92 Å². The number of hydrogen-bond acceptors (Lipinski definition) is 5. The zero-order valence-electron chi connectivity index (χ0n) is 14.2. The molecule has 2 aliphatic heterocycles. The van der Waals surface area contributed by atoms with E-state index < -0.39 is 10.0 Å². The van der Waals surface area contributed by atoms with Gasteiger partial charge in [-0.15, -0.1) is 11.3 Å². The summed E-state index contributed by atoms with van der Waals surface area (Å²) in [5.74, 6) is 0.473. The fourth-order valence-electron chi connectivity index (χ4n) is 4.03. The zero-order chi connectivity index (χ0) is 16.8. The van der Waals surface area contributed by atoms with Crippen LogP contribution in [0.5, 0.6) is 0 Å². The van der Waals surface area contributed by atoms with Gasteiger partial charge in [-0.2, -0.15) is 0 Å². The molecule has 7 heteroatoms. The molecule has 1 N–H and O–H groups in total. The van der Waals surface area contributed by atoms with E-state index in [-0.39, 0.29) is 10.9 Å². The fourth-order valence-corrected chi connectivity index (χ4v) is 6.35. The number of likely N-dealkylation sites (tertiary alicyclic amines) is 1. The topological polar surface area (TPSA) is 58.6 Å². The molecule has 3 heterocycles. The van der Waals surface area contributed by atoms with Crippen LogP contribution in [0.1, 0.15) is 35.4 Å². The third-order valence-corrected chi connectivity index (χ3v) is 8.46. The standard InChI is InChI=1S/C17H26N2O3S2/c1-13-2-3-15(23-13)10-19-11-17(12-19)14(7-9-22-17)6-8-18-24(20,21)16-4-5-16/h2-3,14,16,18H,4-12H2,1H3. The second-order valence-electron chi connectivity index (χ2n) is 7.48. The van der Waals surface area contributed by atoms with E-state index in [2.05, 4.69) is 28.7 Å². The van der Waals surface area contributed by atoms with Gasteiger partial charge in [0.05, 0.1) is 10.9 Å². The lowest BCUT2D eigenvalue weighted by molar-refractivity contribution is -0.136. The maximum atomic E-state index is 11.9. The number of thiophene rings is 1. The second-order valence-corrected chi connectivity index (χ2v) is 10.9. The summed E-state index contributed by atoms with van der Waals surface area (Å²) in [6.07, 6.45) is 3.58. The van der Waals surface area contributed by atoms with E-state index in [1.54, 1.807) is 0 Å². The van der Waals surface area contributed by atoms with Crippen molar-refractivity contribution in [3.05, 3.63) is 21.9 Å². The van der Waals surface area contributed by atoms with E-state index in [0.29, 0.717) is 12.5 Å². The molecule has 1 spiro atoms. The quantitative estimate of drug-likeness (QED) is 0.799. The van der Waals surface area contributed by atoms with Gasteiger partial charge in [-0.05, 0) is 50.7 Å². The summed E-state index contributed by atoms with van der Waals surface area (Å²) >= 11 is 1.86. The van der Waals surface area contributed by atoms with Crippen molar-refractivity contribution in [3.63, 3.8) is 0 Å². The van der Waals surface area contributed by atoms with E-state index in [1.807, 2.05) is 11.3 Å².